The molecule has 8 heteroatoms. The number of hydrogen-bond donors (Lipinski definition) is 1. The third kappa shape index (κ3) is 10.0. The van der Waals surface area contributed by atoms with Crippen molar-refractivity contribution in [3.8, 4) is 0 Å². The molecule has 0 aliphatic carbocycles. The van der Waals surface area contributed by atoms with Crippen LogP contribution in [0.1, 0.15) is 47.5 Å². The zero-order valence-electron chi connectivity index (χ0n) is 15.4. The van der Waals surface area contributed by atoms with E-state index in [4.69, 9.17) is 4.74 Å². The topological polar surface area (TPSA) is 105 Å². The maximum absolute atomic E-state index is 12.1. The first-order valence-corrected chi connectivity index (χ1v) is 7.95. The van der Waals surface area contributed by atoms with Crippen LogP contribution in [0.25, 0.3) is 0 Å². The molecule has 1 rings (SSSR count). The number of likely N-dealkylation sites (tertiary alicyclic amines) is 1. The number of carbonyl (C=O) groups is 3. The van der Waals surface area contributed by atoms with Gasteiger partial charge in [0, 0.05) is 20.0 Å². The Kier molecular flexibility index (Phi) is 9.35. The molecule has 1 saturated heterocycles. The Hall–Kier alpha value is -1.83. The van der Waals surface area contributed by atoms with Crippen LogP contribution in [-0.4, -0.2) is 60.8 Å². The number of nitrogens with one attached hydrogen (secondary N) is 1. The fourth-order valence-electron chi connectivity index (χ4n) is 1.90. The van der Waals surface area contributed by atoms with Crippen LogP contribution in [0.5, 0.6) is 0 Å². The summed E-state index contributed by atoms with van der Waals surface area (Å²) in [5.41, 5.74) is -0.590. The number of piperidine rings is 1. The normalized spacial score (nSPS) is 16.4. The van der Waals surface area contributed by atoms with Crippen LogP contribution >= 0.6 is 0 Å². The lowest BCUT2D eigenvalue weighted by molar-refractivity contribution is -0.138. The Morgan fingerprint density at radius 2 is 1.62 bits per heavy atom. The molecule has 1 aliphatic rings. The molecule has 1 unspecified atom stereocenters. The lowest BCUT2D eigenvalue weighted by Gasteiger charge is -2.31. The number of methoxy groups -OCH3 is 1. The summed E-state index contributed by atoms with van der Waals surface area (Å²) < 4.78 is 9.20. The van der Waals surface area contributed by atoms with Crippen LogP contribution in [-0.2, 0) is 24.2 Å². The zero-order chi connectivity index (χ0) is 18.9. The van der Waals surface area contributed by atoms with Crippen molar-refractivity contribution < 1.29 is 29.0 Å². The van der Waals surface area contributed by atoms with E-state index in [9.17, 15) is 19.5 Å². The van der Waals surface area contributed by atoms with Gasteiger partial charge in [-0.15, -0.1) is 0 Å². The van der Waals surface area contributed by atoms with Gasteiger partial charge in [-0.05, 0) is 40.5 Å². The molecule has 0 aromatic heterocycles. The Morgan fingerprint density at radius 3 is 2.00 bits per heavy atom. The molecule has 1 fully saturated rings. The molecular formula is C16H29N2O6. The first-order valence-electron chi connectivity index (χ1n) is 7.95. The molecule has 0 aromatic rings. The van der Waals surface area contributed by atoms with Crippen molar-refractivity contribution in [2.24, 2.45) is 0 Å². The van der Waals surface area contributed by atoms with Crippen LogP contribution in [0.15, 0.2) is 0 Å². The third-order valence-corrected chi connectivity index (χ3v) is 3.14. The summed E-state index contributed by atoms with van der Waals surface area (Å²) in [6.07, 6.45) is -0.222. The molecule has 8 nitrogen and oxygen atoms in total. The highest BCUT2D eigenvalue weighted by Crippen LogP contribution is 2.12. The summed E-state index contributed by atoms with van der Waals surface area (Å²) in [6.45, 7) is 9.20. The molecule has 0 spiro atoms. The van der Waals surface area contributed by atoms with E-state index in [1.54, 1.807) is 32.6 Å². The molecule has 139 valence electrons. The Bertz CT molecular complexity index is 425. The SMILES string of the molecule is CC(NC(=O)OC(C)(C)C)C(=O)N1CCC([O])CC1.COC(C)=O. The number of alkyl carbamates (subject to hydrolysis) is 1. The summed E-state index contributed by atoms with van der Waals surface area (Å²) in [4.78, 5) is 34.8. The number of ether oxygens (including phenoxy) is 2. The highest BCUT2D eigenvalue weighted by Gasteiger charge is 2.27. The summed E-state index contributed by atoms with van der Waals surface area (Å²) in [6, 6.07) is -0.641. The molecule has 0 aromatic carbocycles. The minimum absolute atomic E-state index is 0.169. The van der Waals surface area contributed by atoms with Crippen molar-refractivity contribution in [3.63, 3.8) is 0 Å². The monoisotopic (exact) mass is 345 g/mol. The summed E-state index contributed by atoms with van der Waals surface area (Å²) in [7, 11) is 1.35. The molecule has 1 aliphatic heterocycles. The van der Waals surface area contributed by atoms with Crippen LogP contribution < -0.4 is 5.32 Å². The minimum atomic E-state index is -0.641. The van der Waals surface area contributed by atoms with Gasteiger partial charge in [-0.3, -0.25) is 9.59 Å². The van der Waals surface area contributed by atoms with Gasteiger partial charge in [0.2, 0.25) is 5.91 Å². The van der Waals surface area contributed by atoms with Gasteiger partial charge in [-0.25, -0.2) is 9.90 Å². The Morgan fingerprint density at radius 1 is 1.17 bits per heavy atom. The van der Waals surface area contributed by atoms with Gasteiger partial charge in [0.1, 0.15) is 11.6 Å². The first-order chi connectivity index (χ1) is 11.0. The molecule has 0 saturated carbocycles. The number of nitrogens with zero attached hydrogens (tertiary/aromatic N) is 1. The molecule has 1 radical (unpaired) electrons. The molecule has 1 heterocycles. The minimum Gasteiger partial charge on any atom is -0.469 e. The first kappa shape index (κ1) is 22.2. The lowest BCUT2D eigenvalue weighted by atomic mass is 10.1. The highest BCUT2D eigenvalue weighted by molar-refractivity contribution is 5.85. The number of hydrogen-bond acceptors (Lipinski definition) is 5. The third-order valence-electron chi connectivity index (χ3n) is 3.14. The molecule has 1 atom stereocenters. The average Bonchev–Trinajstić information content (AvgIpc) is 2.45. The van der Waals surface area contributed by atoms with Gasteiger partial charge in [0.05, 0.1) is 13.2 Å². The predicted octanol–water partition coefficient (Wildman–Crippen LogP) is 1.50. The van der Waals surface area contributed by atoms with Crippen molar-refractivity contribution in [2.45, 2.75) is 65.2 Å². The fraction of sp³-hybridized carbons (Fsp3) is 0.812. The van der Waals surface area contributed by atoms with Crippen molar-refractivity contribution in [3.05, 3.63) is 0 Å². The van der Waals surface area contributed by atoms with E-state index in [2.05, 4.69) is 10.1 Å². The van der Waals surface area contributed by atoms with Gasteiger partial charge in [-0.1, -0.05) is 0 Å². The van der Waals surface area contributed by atoms with E-state index >= 15 is 0 Å². The highest BCUT2D eigenvalue weighted by atomic mass is 16.6. The van der Waals surface area contributed by atoms with E-state index < -0.39 is 23.8 Å². The lowest BCUT2D eigenvalue weighted by Crippen LogP contribution is -2.50. The molecule has 1 N–H and O–H groups in total. The maximum Gasteiger partial charge on any atom is 0.408 e. The summed E-state index contributed by atoms with van der Waals surface area (Å²) in [5.74, 6) is -0.414. The molecular weight excluding hydrogens is 316 g/mol. The van der Waals surface area contributed by atoms with Gasteiger partial charge in [0.25, 0.3) is 0 Å². The van der Waals surface area contributed by atoms with Crippen LogP contribution in [0.4, 0.5) is 4.79 Å². The number of rotatable bonds is 2. The second-order valence-electron chi connectivity index (χ2n) is 6.59. The van der Waals surface area contributed by atoms with Crippen LogP contribution in [0.2, 0.25) is 0 Å². The van der Waals surface area contributed by atoms with Crippen molar-refractivity contribution in [1.82, 2.24) is 10.2 Å². The van der Waals surface area contributed by atoms with E-state index in [1.165, 1.54) is 14.0 Å². The van der Waals surface area contributed by atoms with Crippen LogP contribution in [0, 0.1) is 0 Å². The zero-order valence-corrected chi connectivity index (χ0v) is 15.4. The smallest absolute Gasteiger partial charge is 0.408 e. The van der Waals surface area contributed by atoms with Gasteiger partial charge in [-0.2, -0.15) is 0 Å². The van der Waals surface area contributed by atoms with Crippen LogP contribution in [0.3, 0.4) is 0 Å². The molecule has 2 amide bonds. The maximum atomic E-state index is 12.1. The van der Waals surface area contributed by atoms with E-state index in [-0.39, 0.29) is 11.9 Å². The standard InChI is InChI=1S/C13H23N2O4.C3H6O2/c1-9(14-12(18)19-13(2,3)4)11(17)15-7-5-10(16)6-8-15;1-3(4)5-2/h9-10H,5-8H2,1-4H3,(H,14,18);1-2H3. The molecule has 24 heavy (non-hydrogen) atoms. The molecule has 0 bridgehead atoms. The second kappa shape index (κ2) is 10.1. The Labute approximate surface area is 143 Å². The number of esters is 1. The van der Waals surface area contributed by atoms with E-state index in [0.29, 0.717) is 25.9 Å². The van der Waals surface area contributed by atoms with Crippen molar-refractivity contribution >= 4 is 18.0 Å². The van der Waals surface area contributed by atoms with Gasteiger partial charge >= 0.3 is 12.1 Å². The number of amides is 2. The summed E-state index contributed by atoms with van der Waals surface area (Å²) >= 11 is 0. The van der Waals surface area contributed by atoms with Crippen molar-refractivity contribution in [2.75, 3.05) is 20.2 Å². The predicted molar refractivity (Wildman–Crippen MR) is 86.8 cm³/mol. The van der Waals surface area contributed by atoms with Crippen molar-refractivity contribution in [1.29, 1.82) is 0 Å². The number of carbonyl (C=O) groups excluding carboxylic acids is 3. The Balaban J connectivity index is 0.000000922. The quantitative estimate of drug-likeness (QED) is 0.764. The van der Waals surface area contributed by atoms with Gasteiger partial charge < -0.3 is 19.7 Å². The fourth-order valence-corrected chi connectivity index (χ4v) is 1.90. The average molecular weight is 345 g/mol. The van der Waals surface area contributed by atoms with Gasteiger partial charge in [0.15, 0.2) is 0 Å². The van der Waals surface area contributed by atoms with E-state index in [0.717, 1.165) is 0 Å². The summed E-state index contributed by atoms with van der Waals surface area (Å²) in [5, 5.41) is 13.7. The van der Waals surface area contributed by atoms with E-state index in [1.807, 2.05) is 0 Å². The second-order valence-corrected chi connectivity index (χ2v) is 6.59. The largest absolute Gasteiger partial charge is 0.469 e.